The van der Waals surface area contributed by atoms with Crippen LogP contribution in [0, 0.1) is 17.8 Å². The quantitative estimate of drug-likeness (QED) is 0.0347. The van der Waals surface area contributed by atoms with Crippen molar-refractivity contribution in [1.29, 1.82) is 0 Å². The molecule has 15 rings (SSSR count). The summed E-state index contributed by atoms with van der Waals surface area (Å²) >= 11 is 0. The lowest BCUT2D eigenvalue weighted by atomic mass is 9.85. The molecule has 0 N–H and O–H groups in total. The van der Waals surface area contributed by atoms with E-state index in [1.807, 2.05) is 206 Å². The molecule has 0 bridgehead atoms. The van der Waals surface area contributed by atoms with E-state index in [-0.39, 0.29) is 55.9 Å². The predicted molar refractivity (Wildman–Crippen MR) is 475 cm³/mol. The number of benzene rings is 8. The molecule has 7 fully saturated rings. The van der Waals surface area contributed by atoms with Gasteiger partial charge in [-0.3, -0.25) is 0 Å². The van der Waals surface area contributed by atoms with Crippen molar-refractivity contribution >= 4 is 21.0 Å². The van der Waals surface area contributed by atoms with Gasteiger partial charge in [0.05, 0.1) is 152 Å². The van der Waals surface area contributed by atoms with Crippen LogP contribution in [0.15, 0.2) is 206 Å². The van der Waals surface area contributed by atoms with E-state index in [2.05, 4.69) is 0 Å². The van der Waals surface area contributed by atoms with Crippen LogP contribution in [-0.4, -0.2) is 221 Å². The molecule has 34 heteroatoms. The van der Waals surface area contributed by atoms with Gasteiger partial charge in [0.15, 0.2) is 12.6 Å². The molecule has 132 heavy (non-hydrogen) atoms. The predicted octanol–water partition coefficient (Wildman–Crippen LogP) is 12.5. The Morgan fingerprint density at radius 3 is 1.10 bits per heavy atom. The van der Waals surface area contributed by atoms with Crippen molar-refractivity contribution in [2.24, 2.45) is 17.8 Å². The van der Waals surface area contributed by atoms with Gasteiger partial charge in [-0.25, -0.2) is 8.37 Å². The molecule has 5 saturated heterocycles. The van der Waals surface area contributed by atoms with Gasteiger partial charge in [0.25, 0.3) is 0 Å². The minimum absolute atomic E-state index is 0.0138. The maximum Gasteiger partial charge on any atom is 0.425 e. The molecule has 0 amide bonds. The lowest BCUT2D eigenvalue weighted by molar-refractivity contribution is -0.543. The number of methoxy groups -OCH3 is 10. The van der Waals surface area contributed by atoms with Crippen LogP contribution in [0.5, 0.6) is 34.5 Å². The van der Waals surface area contributed by atoms with Crippen LogP contribution < -0.4 is 33.5 Å². The summed E-state index contributed by atoms with van der Waals surface area (Å²) < 4.78 is 204. The highest BCUT2D eigenvalue weighted by molar-refractivity contribution is 7.81. The van der Waals surface area contributed by atoms with Gasteiger partial charge in [0.2, 0.25) is 23.1 Å². The molecule has 7 aliphatic rings. The third-order valence-electron chi connectivity index (χ3n) is 25.0. The fourth-order valence-electron chi connectivity index (χ4n) is 16.9. The highest BCUT2D eigenvalue weighted by atomic mass is 32.3. The second kappa shape index (κ2) is 48.7. The number of rotatable bonds is 38. The summed E-state index contributed by atoms with van der Waals surface area (Å²) in [5, 5.41) is 14.8. The highest BCUT2D eigenvalue weighted by Crippen LogP contribution is 2.49. The summed E-state index contributed by atoms with van der Waals surface area (Å²) in [7, 11) is 8.58. The topological polar surface area (TPSA) is 348 Å². The molecule has 0 aromatic heterocycles. The first kappa shape index (κ1) is 102. The molecule has 21 atom stereocenters. The minimum atomic E-state index is -4.18. The van der Waals surface area contributed by atoms with E-state index < -0.39 is 112 Å². The van der Waals surface area contributed by atoms with Crippen molar-refractivity contribution in [3.63, 3.8) is 0 Å². The zero-order valence-corrected chi connectivity index (χ0v) is 78.6. The van der Waals surface area contributed by atoms with Crippen LogP contribution in [-0.2, 0) is 167 Å². The van der Waals surface area contributed by atoms with Crippen LogP contribution in [0.25, 0.3) is 0 Å². The Balaban J connectivity index is 0.000000190. The SMILES string of the molecule is CO[C@]1(C)O[C@H]2[C@H]3OS(=O)(=O)OC[C@H]3O[C@@H](OCc3ccccc3)[C@@H]2O[C@@]1(C)OC.COc1ccc(COC[C@H]2CC[C@@H](OCc3ccc(OC)cc3)[C@@H]2OCc2ccc(OC)cc2)cc1.COc1ccc(COC[C@H]2[C@H](C[C@H]3O[C@@H](OCc4ccccc4)[C@@H]4O[C@@](C)(OC)[C@](C)(OC)O[C@H]4[C@H]3[O-])C[C@@H](OCc3ccc(OC)cc3)[C@@H]2OCc2ccc(OC)cc2)cc1.O=S(=O)=O. The number of ether oxygens (including phenoxy) is 24. The Morgan fingerprint density at radius 1 is 0.364 bits per heavy atom. The molecular weight excluding hydrogens is 1750 g/mol. The summed E-state index contributed by atoms with van der Waals surface area (Å²) in [6, 6.07) is 66.8. The van der Waals surface area contributed by atoms with Gasteiger partial charge in [-0.1, -0.05) is 140 Å². The minimum Gasteiger partial charge on any atom is -0.848 e. The van der Waals surface area contributed by atoms with Crippen LogP contribution in [0.2, 0.25) is 0 Å². The molecule has 2 aliphatic carbocycles. The molecule has 720 valence electrons. The van der Waals surface area contributed by atoms with Crippen LogP contribution >= 0.6 is 0 Å². The Labute approximate surface area is 774 Å². The monoisotopic (exact) mass is 1880 g/mol. The zero-order chi connectivity index (χ0) is 94.0. The van der Waals surface area contributed by atoms with Crippen molar-refractivity contribution in [1.82, 2.24) is 0 Å². The van der Waals surface area contributed by atoms with Gasteiger partial charge in [0, 0.05) is 40.3 Å². The molecule has 8 aromatic carbocycles. The Hall–Kier alpha value is -8.71. The second-order valence-corrected chi connectivity index (χ2v) is 34.8. The van der Waals surface area contributed by atoms with Crippen molar-refractivity contribution in [2.45, 2.75) is 215 Å². The largest absolute Gasteiger partial charge is 0.848 e. The number of hydrogen-bond acceptors (Lipinski definition) is 32. The first-order chi connectivity index (χ1) is 63.7. The van der Waals surface area contributed by atoms with E-state index in [1.165, 1.54) is 28.4 Å². The molecule has 5 aliphatic heterocycles. The third kappa shape index (κ3) is 26.9. The molecular formula is C98H123O32S2-. The lowest BCUT2D eigenvalue weighted by Gasteiger charge is -2.59. The Bertz CT molecular complexity index is 5000. The first-order valence-electron chi connectivity index (χ1n) is 43.6. The van der Waals surface area contributed by atoms with Crippen LogP contribution in [0.1, 0.15) is 97.9 Å². The lowest BCUT2D eigenvalue weighted by Crippen LogP contribution is -2.74. The Kier molecular flexibility index (Phi) is 37.7. The summed E-state index contributed by atoms with van der Waals surface area (Å²) in [5.41, 5.74) is 8.21. The molecule has 0 spiro atoms. The molecule has 0 unspecified atom stereocenters. The summed E-state index contributed by atoms with van der Waals surface area (Å²) in [5.74, 6) is -0.654. The first-order valence-corrected chi connectivity index (χ1v) is 46.0. The van der Waals surface area contributed by atoms with E-state index in [9.17, 15) is 13.5 Å². The van der Waals surface area contributed by atoms with Crippen molar-refractivity contribution in [3.8, 4) is 34.5 Å². The second-order valence-electron chi connectivity index (χ2n) is 33.1. The molecule has 5 heterocycles. The molecule has 0 radical (unpaired) electrons. The Morgan fingerprint density at radius 2 is 0.697 bits per heavy atom. The van der Waals surface area contributed by atoms with Crippen LogP contribution in [0.4, 0.5) is 0 Å². The van der Waals surface area contributed by atoms with Crippen molar-refractivity contribution in [3.05, 3.63) is 251 Å². The molecule has 2 saturated carbocycles. The summed E-state index contributed by atoms with van der Waals surface area (Å²) in [6.45, 7) is 10.6. The van der Waals surface area contributed by atoms with E-state index >= 15 is 0 Å². The standard InChI is InChI=1S/C49H61O13.C30H36O6.C19H26O10S.O3S/c1-48(54-6)49(2,55-7)62-46-45(61-48)43(50)41(60-47(46)59-30-32-11-9-8-10-12-32)25-36-26-42(57-28-34-15-21-38(52-4)22-16-34)44(58-29-35-17-23-39(53-5)24-18-35)40(36)31-56-27-33-13-19-37(51-3)20-14-33;1-31-26-11-4-22(5-12-26)18-34-21-25-10-17-29(35-19-23-6-13-27(32-2)14-7-23)30(25)36-20-24-8-15-28(33-3)16-9-24;1-18(22-3)19(2,23-4)28-16-15(27-18)14-13(11-25-30(20,21)29-14)26-17(16)24-10-12-8-6-5-7-9-12;1-4(2)3/h8-24,36,40-47H,25-31H2,1-7H3;4-9,11-16,25,29-30H,10,17-21H2,1-3H3;5-9,13-17H,10-11H2,1-4H3;/q-1;;;/t36-,40+,41-,42-,43+,44-,45+,46-,47-,48-,49-;25-,29-,30-;13-,14+,15+,16-,17-,18-,19-;/m111./s1. The maximum absolute atomic E-state index is 14.8. The van der Waals surface area contributed by atoms with E-state index in [1.54, 1.807) is 70.4 Å². The summed E-state index contributed by atoms with van der Waals surface area (Å²) in [6.07, 6.45) is -7.28. The van der Waals surface area contributed by atoms with Gasteiger partial charge in [0.1, 0.15) is 65.0 Å². The van der Waals surface area contributed by atoms with Gasteiger partial charge < -0.3 is 119 Å². The van der Waals surface area contributed by atoms with Gasteiger partial charge in [-0.15, -0.1) is 12.6 Å². The van der Waals surface area contributed by atoms with Crippen molar-refractivity contribution < 1.29 is 148 Å². The highest BCUT2D eigenvalue weighted by Gasteiger charge is 2.65. The zero-order valence-electron chi connectivity index (χ0n) is 76.9. The maximum atomic E-state index is 14.8. The normalized spacial score (nSPS) is 29.6. The van der Waals surface area contributed by atoms with E-state index in [0.29, 0.717) is 65.7 Å². The van der Waals surface area contributed by atoms with Gasteiger partial charge in [-0.05, 0) is 177 Å². The fourth-order valence-corrected chi connectivity index (χ4v) is 17.8. The van der Waals surface area contributed by atoms with Crippen LogP contribution in [0.3, 0.4) is 0 Å². The van der Waals surface area contributed by atoms with Gasteiger partial charge in [-0.2, -0.15) is 8.42 Å². The fraction of sp³-hybridized carbons (Fsp3) is 0.510. The average molecular weight is 1880 g/mol. The third-order valence-corrected chi connectivity index (χ3v) is 25.9. The van der Waals surface area contributed by atoms with Crippen molar-refractivity contribution in [2.75, 3.05) is 90.9 Å². The smallest absolute Gasteiger partial charge is 0.425 e. The van der Waals surface area contributed by atoms with E-state index in [4.69, 9.17) is 135 Å². The average Bonchev–Trinajstić information content (AvgIpc) is 0.939. The molecule has 32 nitrogen and oxygen atoms in total. The number of fused-ring (bicyclic) bond motifs is 4. The molecule has 8 aromatic rings. The van der Waals surface area contributed by atoms with E-state index in [0.717, 1.165) is 91.8 Å². The summed E-state index contributed by atoms with van der Waals surface area (Å²) in [4.78, 5) is 0. The number of hydrogen-bond donors (Lipinski definition) is 0. The van der Waals surface area contributed by atoms with Gasteiger partial charge >= 0.3 is 21.0 Å².